The molecule has 174 valence electrons. The largest absolute Gasteiger partial charge is 0.380 e. The van der Waals surface area contributed by atoms with Crippen molar-refractivity contribution in [3.05, 3.63) is 72.1 Å². The van der Waals surface area contributed by atoms with Crippen molar-refractivity contribution in [2.45, 2.75) is 19.1 Å². The van der Waals surface area contributed by atoms with E-state index >= 15 is 0 Å². The maximum Gasteiger partial charge on any atom is 0.251 e. The van der Waals surface area contributed by atoms with Gasteiger partial charge in [-0.15, -0.1) is 0 Å². The molecule has 3 N–H and O–H groups in total. The maximum atomic E-state index is 12.8. The van der Waals surface area contributed by atoms with Crippen molar-refractivity contribution in [3.63, 3.8) is 0 Å². The number of amides is 1. The van der Waals surface area contributed by atoms with Crippen LogP contribution < -0.4 is 10.6 Å². The van der Waals surface area contributed by atoms with E-state index in [2.05, 4.69) is 44.7 Å². The fraction of sp³-hybridized carbons (Fsp3) is 0.269. The van der Waals surface area contributed by atoms with Gasteiger partial charge in [-0.05, 0) is 50.3 Å². The molecule has 1 fully saturated rings. The number of likely N-dealkylation sites (tertiary alicyclic amines) is 1. The summed E-state index contributed by atoms with van der Waals surface area (Å²) in [7, 11) is 3.71. The number of rotatable bonds is 7. The van der Waals surface area contributed by atoms with Crippen LogP contribution in [-0.2, 0) is 11.3 Å². The van der Waals surface area contributed by atoms with Gasteiger partial charge in [-0.2, -0.15) is 0 Å². The van der Waals surface area contributed by atoms with Gasteiger partial charge >= 0.3 is 0 Å². The number of nitrogens with one attached hydrogen (secondary N) is 3. The number of anilines is 2. The summed E-state index contributed by atoms with van der Waals surface area (Å²) in [6.45, 7) is 2.24. The highest BCUT2D eigenvalue weighted by atomic mass is 16.5. The SMILES string of the molecule is COCc1cc(C(=O)NC2CCN(C)C2)ccc1Nc1cncc(-c2cc3ccccc3[nH]2)n1. The molecular formula is C26H28N6O2. The van der Waals surface area contributed by atoms with Gasteiger partial charge < -0.3 is 25.3 Å². The quantitative estimate of drug-likeness (QED) is 0.390. The molecule has 8 nitrogen and oxygen atoms in total. The number of H-pyrrole nitrogens is 1. The molecule has 1 aliphatic rings. The number of carbonyl (C=O) groups excluding carboxylic acids is 1. The number of aromatic nitrogens is 3. The summed E-state index contributed by atoms with van der Waals surface area (Å²) in [5.41, 5.74) is 5.01. The van der Waals surface area contributed by atoms with Crippen molar-refractivity contribution in [1.29, 1.82) is 0 Å². The summed E-state index contributed by atoms with van der Waals surface area (Å²) in [4.78, 5) is 27.5. The Labute approximate surface area is 198 Å². The van der Waals surface area contributed by atoms with Crippen LogP contribution in [0.3, 0.4) is 0 Å². The smallest absolute Gasteiger partial charge is 0.251 e. The van der Waals surface area contributed by atoms with Crippen molar-refractivity contribution in [2.24, 2.45) is 0 Å². The Balaban J connectivity index is 1.36. The van der Waals surface area contributed by atoms with Gasteiger partial charge in [-0.1, -0.05) is 18.2 Å². The Bertz CT molecular complexity index is 1280. The van der Waals surface area contributed by atoms with Gasteiger partial charge in [0.25, 0.3) is 5.91 Å². The second kappa shape index (κ2) is 9.62. The first-order chi connectivity index (χ1) is 16.6. The average Bonchev–Trinajstić information content (AvgIpc) is 3.46. The van der Waals surface area contributed by atoms with E-state index < -0.39 is 0 Å². The van der Waals surface area contributed by atoms with Crippen LogP contribution in [0.5, 0.6) is 0 Å². The molecule has 2 aromatic carbocycles. The fourth-order valence-corrected chi connectivity index (χ4v) is 4.36. The zero-order chi connectivity index (χ0) is 23.5. The average molecular weight is 457 g/mol. The summed E-state index contributed by atoms with van der Waals surface area (Å²) >= 11 is 0. The molecule has 0 radical (unpaired) electrons. The number of hydrogen-bond acceptors (Lipinski definition) is 6. The Kier molecular flexibility index (Phi) is 6.24. The number of benzene rings is 2. The van der Waals surface area contributed by atoms with Gasteiger partial charge in [0.05, 0.1) is 24.7 Å². The molecule has 1 amide bonds. The molecule has 8 heteroatoms. The van der Waals surface area contributed by atoms with E-state index in [0.29, 0.717) is 18.0 Å². The van der Waals surface area contributed by atoms with Crippen LogP contribution in [-0.4, -0.2) is 59.0 Å². The molecule has 0 aliphatic carbocycles. The van der Waals surface area contributed by atoms with Gasteiger partial charge in [0.2, 0.25) is 0 Å². The van der Waals surface area contributed by atoms with Crippen molar-refractivity contribution in [1.82, 2.24) is 25.2 Å². The lowest BCUT2D eigenvalue weighted by atomic mass is 10.1. The summed E-state index contributed by atoms with van der Waals surface area (Å²) < 4.78 is 5.40. The van der Waals surface area contributed by atoms with E-state index in [4.69, 9.17) is 9.72 Å². The minimum atomic E-state index is -0.0650. The van der Waals surface area contributed by atoms with Gasteiger partial charge in [0.1, 0.15) is 11.5 Å². The van der Waals surface area contributed by atoms with Crippen molar-refractivity contribution in [3.8, 4) is 11.4 Å². The van der Waals surface area contributed by atoms with Gasteiger partial charge in [-0.25, -0.2) is 4.98 Å². The molecule has 1 atom stereocenters. The standard InChI is InChI=1S/C26H28N6O2/c1-32-10-9-20(15-32)28-26(33)18-7-8-22(19(11-18)16-34-2)30-25-14-27-13-24(31-25)23-12-17-5-3-4-6-21(17)29-23/h3-8,11-14,20,29H,9-10,15-16H2,1-2H3,(H,28,33)(H,30,31). The number of fused-ring (bicyclic) bond motifs is 1. The molecule has 0 spiro atoms. The van der Waals surface area contributed by atoms with Gasteiger partial charge in [0, 0.05) is 47.4 Å². The third-order valence-electron chi connectivity index (χ3n) is 6.10. The van der Waals surface area contributed by atoms with E-state index in [1.807, 2.05) is 36.4 Å². The predicted octanol–water partition coefficient (Wildman–Crippen LogP) is 3.95. The van der Waals surface area contributed by atoms with E-state index in [-0.39, 0.29) is 11.9 Å². The van der Waals surface area contributed by atoms with Crippen LogP contribution in [0.1, 0.15) is 22.3 Å². The lowest BCUT2D eigenvalue weighted by molar-refractivity contribution is 0.0938. The number of para-hydroxylation sites is 1. The van der Waals surface area contributed by atoms with Crippen LogP contribution in [0, 0.1) is 0 Å². The molecule has 1 unspecified atom stereocenters. The molecule has 34 heavy (non-hydrogen) atoms. The van der Waals surface area contributed by atoms with E-state index in [1.54, 1.807) is 19.5 Å². The molecule has 0 saturated carbocycles. The zero-order valence-corrected chi connectivity index (χ0v) is 19.3. The highest BCUT2D eigenvalue weighted by molar-refractivity contribution is 5.95. The Hall–Kier alpha value is -3.75. The fourth-order valence-electron chi connectivity index (χ4n) is 4.36. The van der Waals surface area contributed by atoms with Crippen molar-refractivity contribution < 1.29 is 9.53 Å². The van der Waals surface area contributed by atoms with Crippen LogP contribution in [0.25, 0.3) is 22.3 Å². The Morgan fingerprint density at radius 2 is 2.09 bits per heavy atom. The first-order valence-electron chi connectivity index (χ1n) is 11.4. The van der Waals surface area contributed by atoms with Crippen LogP contribution >= 0.6 is 0 Å². The number of aromatic amines is 1. The monoisotopic (exact) mass is 456 g/mol. The first-order valence-corrected chi connectivity index (χ1v) is 11.4. The lowest BCUT2D eigenvalue weighted by Crippen LogP contribution is -2.36. The van der Waals surface area contributed by atoms with Gasteiger partial charge in [0.15, 0.2) is 0 Å². The zero-order valence-electron chi connectivity index (χ0n) is 19.3. The predicted molar refractivity (Wildman–Crippen MR) is 133 cm³/mol. The summed E-state index contributed by atoms with van der Waals surface area (Å²) in [5, 5.41) is 7.60. The van der Waals surface area contributed by atoms with Crippen LogP contribution in [0.2, 0.25) is 0 Å². The highest BCUT2D eigenvalue weighted by Gasteiger charge is 2.22. The Morgan fingerprint density at radius 3 is 2.88 bits per heavy atom. The number of carbonyl (C=O) groups is 1. The van der Waals surface area contributed by atoms with Crippen molar-refractivity contribution in [2.75, 3.05) is 32.6 Å². The molecular weight excluding hydrogens is 428 g/mol. The van der Waals surface area contributed by atoms with Crippen LogP contribution in [0.15, 0.2) is 60.9 Å². The summed E-state index contributed by atoms with van der Waals surface area (Å²) in [6, 6.07) is 15.9. The molecule has 1 saturated heterocycles. The summed E-state index contributed by atoms with van der Waals surface area (Å²) in [5.74, 6) is 0.546. The minimum Gasteiger partial charge on any atom is -0.380 e. The molecule has 5 rings (SSSR count). The maximum absolute atomic E-state index is 12.8. The topological polar surface area (TPSA) is 95.2 Å². The van der Waals surface area contributed by atoms with E-state index in [9.17, 15) is 4.79 Å². The molecule has 0 bridgehead atoms. The third-order valence-corrected chi connectivity index (χ3v) is 6.10. The van der Waals surface area contributed by atoms with Crippen molar-refractivity contribution >= 4 is 28.3 Å². The second-order valence-electron chi connectivity index (χ2n) is 8.71. The van der Waals surface area contributed by atoms with Gasteiger partial charge in [-0.3, -0.25) is 9.78 Å². The minimum absolute atomic E-state index is 0.0650. The Morgan fingerprint density at radius 1 is 1.21 bits per heavy atom. The number of likely N-dealkylation sites (N-methyl/N-ethyl adjacent to an activating group) is 1. The van der Waals surface area contributed by atoms with Crippen LogP contribution in [0.4, 0.5) is 11.5 Å². The number of ether oxygens (including phenoxy) is 1. The first kappa shape index (κ1) is 22.1. The number of hydrogen-bond donors (Lipinski definition) is 3. The normalized spacial score (nSPS) is 16.1. The molecule has 4 aromatic rings. The lowest BCUT2D eigenvalue weighted by Gasteiger charge is -2.15. The molecule has 3 heterocycles. The molecule has 2 aromatic heterocycles. The summed E-state index contributed by atoms with van der Waals surface area (Å²) in [6.07, 6.45) is 4.39. The highest BCUT2D eigenvalue weighted by Crippen LogP contribution is 2.26. The molecule has 1 aliphatic heterocycles. The third kappa shape index (κ3) is 4.78. The van der Waals surface area contributed by atoms with E-state index in [0.717, 1.165) is 53.1 Å². The number of methoxy groups -OCH3 is 1. The second-order valence-corrected chi connectivity index (χ2v) is 8.71. The van der Waals surface area contributed by atoms with E-state index in [1.165, 1.54) is 0 Å². The number of nitrogens with zero attached hydrogens (tertiary/aromatic N) is 3.